The highest BCUT2D eigenvalue weighted by Gasteiger charge is 2.37. The Labute approximate surface area is 159 Å². The highest BCUT2D eigenvalue weighted by molar-refractivity contribution is 5.94. The van der Waals surface area contributed by atoms with Crippen LogP contribution in [0, 0.1) is 0 Å². The van der Waals surface area contributed by atoms with Crippen LogP contribution >= 0.6 is 0 Å². The van der Waals surface area contributed by atoms with Crippen LogP contribution in [-0.2, 0) is 0 Å². The Morgan fingerprint density at radius 3 is 2.63 bits per heavy atom. The molecule has 2 fully saturated rings. The summed E-state index contributed by atoms with van der Waals surface area (Å²) in [5.41, 5.74) is 2.34. The van der Waals surface area contributed by atoms with Crippen LogP contribution in [0.2, 0.25) is 0 Å². The maximum absolute atomic E-state index is 5.12. The third kappa shape index (κ3) is 3.16. The number of hydrogen-bond donors (Lipinski definition) is 1. The van der Waals surface area contributed by atoms with Crippen LogP contribution in [0.5, 0.6) is 0 Å². The van der Waals surface area contributed by atoms with Crippen molar-refractivity contribution < 1.29 is 0 Å². The van der Waals surface area contributed by atoms with E-state index in [1.165, 1.54) is 37.5 Å². The van der Waals surface area contributed by atoms with E-state index < -0.39 is 0 Å². The maximum Gasteiger partial charge on any atom is 0.137 e. The molecule has 4 heterocycles. The van der Waals surface area contributed by atoms with Crippen molar-refractivity contribution in [3.8, 4) is 11.3 Å². The zero-order chi connectivity index (χ0) is 18.1. The fourth-order valence-corrected chi connectivity index (χ4v) is 4.69. The molecule has 1 saturated heterocycles. The average molecular weight is 359 g/mol. The largest absolute Gasteiger partial charge is 0.353 e. The number of nitrogens with one attached hydrogen (secondary N) is 1. The van der Waals surface area contributed by atoms with E-state index in [4.69, 9.17) is 4.98 Å². The zero-order valence-corrected chi connectivity index (χ0v) is 15.6. The lowest BCUT2D eigenvalue weighted by atomic mass is 9.80. The molecule has 0 atom stereocenters. The molecule has 3 aromatic rings. The van der Waals surface area contributed by atoms with Gasteiger partial charge in [0.05, 0.1) is 5.69 Å². The Hall–Kier alpha value is -2.53. The van der Waals surface area contributed by atoms with Crippen molar-refractivity contribution in [3.05, 3.63) is 49.1 Å². The Balaban J connectivity index is 1.59. The molecule has 5 rings (SSSR count). The first-order valence-corrected chi connectivity index (χ1v) is 9.98. The molecule has 138 valence electrons. The van der Waals surface area contributed by atoms with Crippen molar-refractivity contribution in [2.45, 2.75) is 37.6 Å². The molecule has 1 aliphatic carbocycles. The molecule has 0 aromatic carbocycles. The van der Waals surface area contributed by atoms with E-state index >= 15 is 0 Å². The molecule has 1 saturated carbocycles. The normalized spacial score (nSPS) is 19.5. The first-order valence-electron chi connectivity index (χ1n) is 9.98. The van der Waals surface area contributed by atoms with Crippen LogP contribution in [0.25, 0.3) is 22.0 Å². The molecule has 5 heteroatoms. The summed E-state index contributed by atoms with van der Waals surface area (Å²) in [6.45, 7) is 3.05. The second-order valence-electron chi connectivity index (χ2n) is 7.85. The van der Waals surface area contributed by atoms with Gasteiger partial charge in [-0.2, -0.15) is 0 Å². The molecule has 3 aromatic heterocycles. The van der Waals surface area contributed by atoms with Gasteiger partial charge in [0.15, 0.2) is 0 Å². The minimum absolute atomic E-state index is 0.254. The summed E-state index contributed by atoms with van der Waals surface area (Å²) in [6, 6.07) is 8.28. The van der Waals surface area contributed by atoms with Gasteiger partial charge in [0, 0.05) is 66.3 Å². The number of hydrogen-bond acceptors (Lipinski definition) is 5. The van der Waals surface area contributed by atoms with Gasteiger partial charge < -0.3 is 10.2 Å². The van der Waals surface area contributed by atoms with Gasteiger partial charge in [-0.15, -0.1) is 0 Å². The van der Waals surface area contributed by atoms with Crippen molar-refractivity contribution in [2.75, 3.05) is 24.5 Å². The average Bonchev–Trinajstić information content (AvgIpc) is 2.74. The van der Waals surface area contributed by atoms with Crippen molar-refractivity contribution in [2.24, 2.45) is 0 Å². The predicted octanol–water partition coefficient (Wildman–Crippen LogP) is 3.80. The SMILES string of the molecule is c1cc(-c2cc3cnccc3c(N3CCNC4(CCCCC4)C3)n2)ccn1. The number of anilines is 1. The molecule has 1 aliphatic heterocycles. The van der Waals surface area contributed by atoms with Crippen LogP contribution in [-0.4, -0.2) is 40.1 Å². The fraction of sp³-hybridized carbons (Fsp3) is 0.409. The molecule has 1 spiro atoms. The lowest BCUT2D eigenvalue weighted by Crippen LogP contribution is -2.61. The lowest BCUT2D eigenvalue weighted by Gasteiger charge is -2.46. The quantitative estimate of drug-likeness (QED) is 0.754. The summed E-state index contributed by atoms with van der Waals surface area (Å²) in [5, 5.41) is 6.17. The molecule has 1 N–H and O–H groups in total. The van der Waals surface area contributed by atoms with Gasteiger partial charge in [0.1, 0.15) is 5.82 Å². The summed E-state index contributed by atoms with van der Waals surface area (Å²) in [6.07, 6.45) is 14.0. The van der Waals surface area contributed by atoms with Gasteiger partial charge in [-0.05, 0) is 37.1 Å². The van der Waals surface area contributed by atoms with Crippen LogP contribution in [0.4, 0.5) is 5.82 Å². The molecule has 0 unspecified atom stereocenters. The Bertz CT molecular complexity index is 928. The van der Waals surface area contributed by atoms with Crippen molar-refractivity contribution in [3.63, 3.8) is 0 Å². The first-order chi connectivity index (χ1) is 13.3. The van der Waals surface area contributed by atoms with Gasteiger partial charge in [-0.3, -0.25) is 9.97 Å². The maximum atomic E-state index is 5.12. The van der Waals surface area contributed by atoms with Gasteiger partial charge in [0.25, 0.3) is 0 Å². The highest BCUT2D eigenvalue weighted by Crippen LogP contribution is 2.35. The number of pyridine rings is 3. The number of rotatable bonds is 2. The smallest absolute Gasteiger partial charge is 0.137 e. The Kier molecular flexibility index (Phi) is 4.24. The van der Waals surface area contributed by atoms with E-state index in [0.29, 0.717) is 0 Å². The second-order valence-corrected chi connectivity index (χ2v) is 7.85. The number of piperazine rings is 1. The monoisotopic (exact) mass is 359 g/mol. The first kappa shape index (κ1) is 16.6. The van der Waals surface area contributed by atoms with Gasteiger partial charge in [-0.1, -0.05) is 19.3 Å². The minimum Gasteiger partial charge on any atom is -0.353 e. The van der Waals surface area contributed by atoms with E-state index in [9.17, 15) is 0 Å². The number of aromatic nitrogens is 3. The molecular formula is C22H25N5. The van der Waals surface area contributed by atoms with E-state index in [-0.39, 0.29) is 5.54 Å². The third-order valence-corrected chi connectivity index (χ3v) is 6.07. The van der Waals surface area contributed by atoms with Crippen LogP contribution in [0.1, 0.15) is 32.1 Å². The summed E-state index contributed by atoms with van der Waals surface area (Å²) in [7, 11) is 0. The van der Waals surface area contributed by atoms with Crippen LogP contribution in [0.15, 0.2) is 49.1 Å². The van der Waals surface area contributed by atoms with Crippen molar-refractivity contribution in [1.29, 1.82) is 0 Å². The lowest BCUT2D eigenvalue weighted by molar-refractivity contribution is 0.216. The predicted molar refractivity (Wildman–Crippen MR) is 109 cm³/mol. The molecule has 27 heavy (non-hydrogen) atoms. The fourth-order valence-electron chi connectivity index (χ4n) is 4.69. The molecule has 5 nitrogen and oxygen atoms in total. The van der Waals surface area contributed by atoms with Gasteiger partial charge in [-0.25, -0.2) is 4.98 Å². The van der Waals surface area contributed by atoms with E-state index in [1.54, 1.807) is 0 Å². The van der Waals surface area contributed by atoms with Crippen LogP contribution in [0.3, 0.4) is 0 Å². The number of nitrogens with zero attached hydrogens (tertiary/aromatic N) is 4. The minimum atomic E-state index is 0.254. The van der Waals surface area contributed by atoms with Crippen LogP contribution < -0.4 is 10.2 Å². The van der Waals surface area contributed by atoms with E-state index in [0.717, 1.165) is 42.1 Å². The molecule has 0 radical (unpaired) electrons. The molecular weight excluding hydrogens is 334 g/mol. The molecule has 2 aliphatic rings. The van der Waals surface area contributed by atoms with E-state index in [2.05, 4.69) is 32.3 Å². The number of fused-ring (bicyclic) bond motifs is 1. The zero-order valence-electron chi connectivity index (χ0n) is 15.6. The van der Waals surface area contributed by atoms with Crippen molar-refractivity contribution in [1.82, 2.24) is 20.3 Å². The summed E-state index contributed by atoms with van der Waals surface area (Å²) in [5.74, 6) is 1.09. The Morgan fingerprint density at radius 2 is 1.78 bits per heavy atom. The summed E-state index contributed by atoms with van der Waals surface area (Å²) >= 11 is 0. The van der Waals surface area contributed by atoms with Gasteiger partial charge in [0.2, 0.25) is 0 Å². The Morgan fingerprint density at radius 1 is 0.963 bits per heavy atom. The summed E-state index contributed by atoms with van der Waals surface area (Å²) < 4.78 is 0. The van der Waals surface area contributed by atoms with E-state index in [1.807, 2.05) is 36.9 Å². The molecule has 0 bridgehead atoms. The van der Waals surface area contributed by atoms with Gasteiger partial charge >= 0.3 is 0 Å². The topological polar surface area (TPSA) is 53.9 Å². The third-order valence-electron chi connectivity index (χ3n) is 6.07. The second kappa shape index (κ2) is 6.89. The highest BCUT2D eigenvalue weighted by atomic mass is 15.3. The molecule has 0 amide bonds. The van der Waals surface area contributed by atoms with Crippen molar-refractivity contribution >= 4 is 16.6 Å². The standard InChI is InChI=1S/C22H25N5/c1-2-7-22(8-3-1)16-27(13-12-25-22)21-19-6-11-24-15-18(19)14-20(26-21)17-4-9-23-10-5-17/h4-6,9-11,14-15,25H,1-3,7-8,12-13,16H2. The summed E-state index contributed by atoms with van der Waals surface area (Å²) in [4.78, 5) is 16.1.